The summed E-state index contributed by atoms with van der Waals surface area (Å²) >= 11 is 6.59. The molecular weight excluding hydrogens is 474 g/mol. The quantitative estimate of drug-likeness (QED) is 0.267. The highest BCUT2D eigenvalue weighted by Gasteiger charge is 2.47. The van der Waals surface area contributed by atoms with E-state index in [1.54, 1.807) is 0 Å². The Morgan fingerprint density at radius 3 is 2.03 bits per heavy atom. The van der Waals surface area contributed by atoms with Crippen LogP contribution in [0.2, 0.25) is 5.02 Å². The van der Waals surface area contributed by atoms with Crippen LogP contribution in [0.1, 0.15) is 16.7 Å². The third-order valence-corrected chi connectivity index (χ3v) is 7.58. The molecule has 1 aliphatic carbocycles. The SMILES string of the molecule is OC1(c2ccccc2-c2ccccc2)c2cc(Cl)ccc2-c2c(-c3ccccc3)nc3ccccc3c21. The summed E-state index contributed by atoms with van der Waals surface area (Å²) < 4.78 is 0. The number of fused-ring (bicyclic) bond motifs is 5. The number of benzene rings is 5. The van der Waals surface area contributed by atoms with Gasteiger partial charge in [0.15, 0.2) is 0 Å². The molecule has 6 aromatic rings. The number of hydrogen-bond acceptors (Lipinski definition) is 2. The van der Waals surface area contributed by atoms with Gasteiger partial charge in [-0.1, -0.05) is 121 Å². The van der Waals surface area contributed by atoms with Gasteiger partial charge in [-0.05, 0) is 34.9 Å². The maximum absolute atomic E-state index is 13.1. The summed E-state index contributed by atoms with van der Waals surface area (Å²) in [6, 6.07) is 42.4. The third-order valence-electron chi connectivity index (χ3n) is 7.34. The number of aromatic nitrogens is 1. The predicted molar refractivity (Wildman–Crippen MR) is 152 cm³/mol. The molecule has 0 saturated carbocycles. The molecule has 1 aromatic heterocycles. The van der Waals surface area contributed by atoms with E-state index in [1.807, 2.05) is 91.0 Å². The normalized spacial score (nSPS) is 15.9. The van der Waals surface area contributed by atoms with E-state index in [0.717, 1.165) is 61.1 Å². The Morgan fingerprint density at radius 1 is 0.595 bits per heavy atom. The Bertz CT molecular complexity index is 1800. The zero-order valence-electron chi connectivity index (χ0n) is 19.9. The molecule has 1 unspecified atom stereocenters. The van der Waals surface area contributed by atoms with Crippen molar-refractivity contribution in [3.63, 3.8) is 0 Å². The fourth-order valence-electron chi connectivity index (χ4n) is 5.77. The smallest absolute Gasteiger partial charge is 0.143 e. The van der Waals surface area contributed by atoms with E-state index >= 15 is 0 Å². The number of halogens is 1. The summed E-state index contributed by atoms with van der Waals surface area (Å²) in [5, 5.41) is 14.6. The highest BCUT2D eigenvalue weighted by Crippen LogP contribution is 2.57. The third kappa shape index (κ3) is 3.27. The molecule has 0 fully saturated rings. The van der Waals surface area contributed by atoms with Gasteiger partial charge >= 0.3 is 0 Å². The van der Waals surface area contributed by atoms with Crippen molar-refractivity contribution in [3.05, 3.63) is 149 Å². The van der Waals surface area contributed by atoms with Crippen molar-refractivity contribution < 1.29 is 5.11 Å². The zero-order valence-corrected chi connectivity index (χ0v) is 20.7. The van der Waals surface area contributed by atoms with E-state index in [1.165, 1.54) is 0 Å². The minimum absolute atomic E-state index is 0.584. The van der Waals surface area contributed by atoms with Gasteiger partial charge in [0.05, 0.1) is 11.2 Å². The first kappa shape index (κ1) is 22.0. The summed E-state index contributed by atoms with van der Waals surface area (Å²) in [7, 11) is 0. The monoisotopic (exact) mass is 495 g/mol. The van der Waals surface area contributed by atoms with Crippen molar-refractivity contribution in [2.45, 2.75) is 5.60 Å². The van der Waals surface area contributed by atoms with Gasteiger partial charge < -0.3 is 5.11 Å². The van der Waals surface area contributed by atoms with Crippen LogP contribution >= 0.6 is 11.6 Å². The van der Waals surface area contributed by atoms with Crippen LogP contribution in [0.4, 0.5) is 0 Å². The molecule has 176 valence electrons. The molecule has 0 saturated heterocycles. The maximum Gasteiger partial charge on any atom is 0.143 e. The second kappa shape index (κ2) is 8.41. The highest BCUT2D eigenvalue weighted by atomic mass is 35.5. The second-order valence-electron chi connectivity index (χ2n) is 9.41. The molecule has 1 atom stereocenters. The van der Waals surface area contributed by atoms with E-state index < -0.39 is 5.60 Å². The molecule has 0 spiro atoms. The Morgan fingerprint density at radius 2 is 1.24 bits per heavy atom. The molecule has 0 aliphatic heterocycles. The van der Waals surface area contributed by atoms with Crippen LogP contribution in [-0.2, 0) is 5.60 Å². The molecule has 0 radical (unpaired) electrons. The van der Waals surface area contributed by atoms with Crippen LogP contribution in [0.5, 0.6) is 0 Å². The van der Waals surface area contributed by atoms with Gasteiger partial charge in [-0.15, -0.1) is 0 Å². The first-order valence-electron chi connectivity index (χ1n) is 12.3. The van der Waals surface area contributed by atoms with Gasteiger partial charge in [0.1, 0.15) is 5.60 Å². The van der Waals surface area contributed by atoms with Crippen molar-refractivity contribution in [3.8, 4) is 33.5 Å². The van der Waals surface area contributed by atoms with Crippen molar-refractivity contribution in [1.82, 2.24) is 4.98 Å². The lowest BCUT2D eigenvalue weighted by Gasteiger charge is -2.30. The van der Waals surface area contributed by atoms with E-state index in [-0.39, 0.29) is 0 Å². The first-order chi connectivity index (χ1) is 18.2. The average Bonchev–Trinajstić information content (AvgIpc) is 3.22. The van der Waals surface area contributed by atoms with E-state index in [4.69, 9.17) is 16.6 Å². The van der Waals surface area contributed by atoms with Crippen molar-refractivity contribution in [2.24, 2.45) is 0 Å². The molecule has 0 bridgehead atoms. The molecule has 3 heteroatoms. The van der Waals surface area contributed by atoms with Crippen molar-refractivity contribution in [2.75, 3.05) is 0 Å². The Hall–Kier alpha value is -4.24. The Kier molecular flexibility index (Phi) is 5.00. The fourth-order valence-corrected chi connectivity index (χ4v) is 5.94. The van der Waals surface area contributed by atoms with Gasteiger partial charge in [-0.3, -0.25) is 0 Å². The van der Waals surface area contributed by atoms with E-state index in [2.05, 4.69) is 36.4 Å². The van der Waals surface area contributed by atoms with Gasteiger partial charge in [0.25, 0.3) is 0 Å². The summed E-state index contributed by atoms with van der Waals surface area (Å²) in [5.74, 6) is 0. The van der Waals surface area contributed by atoms with Crippen molar-refractivity contribution >= 4 is 22.5 Å². The topological polar surface area (TPSA) is 33.1 Å². The summed E-state index contributed by atoms with van der Waals surface area (Å²) in [4.78, 5) is 5.13. The van der Waals surface area contributed by atoms with Gasteiger partial charge in [-0.25, -0.2) is 4.98 Å². The highest BCUT2D eigenvalue weighted by molar-refractivity contribution is 6.30. The average molecular weight is 496 g/mol. The number of hydrogen-bond donors (Lipinski definition) is 1. The van der Waals surface area contributed by atoms with Gasteiger partial charge in [0, 0.05) is 38.2 Å². The maximum atomic E-state index is 13.1. The van der Waals surface area contributed by atoms with Crippen molar-refractivity contribution in [1.29, 1.82) is 0 Å². The molecule has 5 aromatic carbocycles. The number of rotatable bonds is 3. The Labute approximate surface area is 220 Å². The Balaban J connectivity index is 1.66. The van der Waals surface area contributed by atoms with Gasteiger partial charge in [0.2, 0.25) is 0 Å². The molecule has 2 nitrogen and oxygen atoms in total. The standard InChI is InChI=1S/C34H22ClNO/c35-24-19-20-26-29(21-24)34(37,28-17-9-7-15-25(28)22-11-3-1-4-12-22)32-27-16-8-10-18-30(27)36-33(31(26)32)23-13-5-2-6-14-23/h1-21,37H. The summed E-state index contributed by atoms with van der Waals surface area (Å²) in [6.07, 6.45) is 0. The summed E-state index contributed by atoms with van der Waals surface area (Å²) in [5.41, 5.74) is 7.62. The van der Waals surface area contributed by atoms with Crippen LogP contribution in [0, 0.1) is 0 Å². The number of para-hydroxylation sites is 1. The lowest BCUT2D eigenvalue weighted by Crippen LogP contribution is -2.27. The first-order valence-corrected chi connectivity index (χ1v) is 12.7. The molecule has 37 heavy (non-hydrogen) atoms. The van der Waals surface area contributed by atoms with Crippen LogP contribution < -0.4 is 0 Å². The second-order valence-corrected chi connectivity index (χ2v) is 9.84. The van der Waals surface area contributed by atoms with Crippen LogP contribution in [0.3, 0.4) is 0 Å². The minimum atomic E-state index is -1.44. The number of aliphatic hydroxyl groups is 1. The molecule has 1 heterocycles. The largest absolute Gasteiger partial charge is 0.376 e. The van der Waals surface area contributed by atoms with Gasteiger partial charge in [-0.2, -0.15) is 0 Å². The lowest BCUT2D eigenvalue weighted by molar-refractivity contribution is 0.133. The minimum Gasteiger partial charge on any atom is -0.376 e. The van der Waals surface area contributed by atoms with Crippen LogP contribution in [0.25, 0.3) is 44.4 Å². The fraction of sp³-hybridized carbons (Fsp3) is 0.0294. The molecule has 7 rings (SSSR count). The zero-order chi connectivity index (χ0) is 25.0. The molecule has 1 aliphatic rings. The number of pyridine rings is 1. The van der Waals surface area contributed by atoms with Crippen LogP contribution in [-0.4, -0.2) is 10.1 Å². The van der Waals surface area contributed by atoms with Crippen LogP contribution in [0.15, 0.2) is 127 Å². The predicted octanol–water partition coefficient (Wildman–Crippen LogP) is 8.49. The van der Waals surface area contributed by atoms with E-state index in [9.17, 15) is 5.11 Å². The number of nitrogens with zero attached hydrogens (tertiary/aromatic N) is 1. The summed E-state index contributed by atoms with van der Waals surface area (Å²) in [6.45, 7) is 0. The molecule has 1 N–H and O–H groups in total. The van der Waals surface area contributed by atoms with E-state index in [0.29, 0.717) is 5.02 Å². The molecule has 0 amide bonds. The molecular formula is C34H22ClNO. The lowest BCUT2D eigenvalue weighted by atomic mass is 9.79.